The highest BCUT2D eigenvalue weighted by Gasteiger charge is 2.78. The van der Waals surface area contributed by atoms with Gasteiger partial charge in [0.25, 0.3) is 0 Å². The summed E-state index contributed by atoms with van der Waals surface area (Å²) in [5, 5.41) is -0.868. The van der Waals surface area contributed by atoms with Crippen LogP contribution in [0, 0.1) is 0 Å². The van der Waals surface area contributed by atoms with Gasteiger partial charge in [0.2, 0.25) is 8.32 Å². The molecule has 17 heavy (non-hydrogen) atoms. The SMILES string of the molecule is CCC1(O[Si](C)(C)C)C(CC(F)(F)F)[Si]1(C)O. The molecule has 2 nitrogen and oxygen atoms in total. The summed E-state index contributed by atoms with van der Waals surface area (Å²) in [6.07, 6.45) is -4.66. The number of rotatable bonds is 4. The predicted octanol–water partition coefficient (Wildman–Crippen LogP) is 3.43. The van der Waals surface area contributed by atoms with Crippen molar-refractivity contribution in [3.8, 4) is 0 Å². The molecular weight excluding hydrogens is 265 g/mol. The van der Waals surface area contributed by atoms with Crippen molar-refractivity contribution >= 4 is 16.6 Å². The maximum atomic E-state index is 12.5. The average Bonchev–Trinajstić information content (AvgIpc) is 2.46. The van der Waals surface area contributed by atoms with E-state index in [1.165, 1.54) is 0 Å². The van der Waals surface area contributed by atoms with Crippen LogP contribution in [0.5, 0.6) is 0 Å². The second kappa shape index (κ2) is 4.07. The van der Waals surface area contributed by atoms with Crippen LogP contribution in [0.2, 0.25) is 31.7 Å². The van der Waals surface area contributed by atoms with Crippen LogP contribution in [0.15, 0.2) is 0 Å². The van der Waals surface area contributed by atoms with Gasteiger partial charge < -0.3 is 9.22 Å². The molecule has 0 aliphatic carbocycles. The quantitative estimate of drug-likeness (QED) is 0.802. The van der Waals surface area contributed by atoms with E-state index >= 15 is 0 Å². The van der Waals surface area contributed by atoms with Crippen molar-refractivity contribution < 1.29 is 22.4 Å². The van der Waals surface area contributed by atoms with Crippen LogP contribution in [0.1, 0.15) is 19.8 Å². The Hall–Kier alpha value is 0.144. The first-order chi connectivity index (χ1) is 7.36. The van der Waals surface area contributed by atoms with E-state index in [0.29, 0.717) is 6.42 Å². The van der Waals surface area contributed by atoms with Crippen molar-refractivity contribution in [3.05, 3.63) is 0 Å². The molecule has 1 aliphatic heterocycles. The standard InChI is InChI=1S/C10H21F3O2Si2/c1-6-9(15-16(2,3)4)8(17(9,5)14)7-10(11,12)13/h8,14H,6-7H2,1-5H3. The summed E-state index contributed by atoms with van der Waals surface area (Å²) in [6.45, 7) is 9.22. The number of hydrogen-bond acceptors (Lipinski definition) is 2. The summed E-state index contributed by atoms with van der Waals surface area (Å²) in [5.41, 5.74) is -0.702. The Balaban J connectivity index is 2.88. The predicted molar refractivity (Wildman–Crippen MR) is 65.7 cm³/mol. The average molecular weight is 286 g/mol. The number of halogens is 3. The molecule has 0 bridgehead atoms. The lowest BCUT2D eigenvalue weighted by atomic mass is 10.1. The highest BCUT2D eigenvalue weighted by atomic mass is 28.4. The summed E-state index contributed by atoms with van der Waals surface area (Å²) in [6, 6.07) is 0. The molecule has 7 heteroatoms. The van der Waals surface area contributed by atoms with Crippen molar-refractivity contribution in [1.29, 1.82) is 0 Å². The van der Waals surface area contributed by atoms with E-state index < -0.39 is 40.0 Å². The minimum Gasteiger partial charge on any atom is -0.429 e. The van der Waals surface area contributed by atoms with Crippen molar-refractivity contribution in [2.45, 2.75) is 62.9 Å². The topological polar surface area (TPSA) is 29.5 Å². The van der Waals surface area contributed by atoms with Crippen LogP contribution in [0.25, 0.3) is 0 Å². The van der Waals surface area contributed by atoms with E-state index in [-0.39, 0.29) is 0 Å². The Morgan fingerprint density at radius 1 is 1.35 bits per heavy atom. The van der Waals surface area contributed by atoms with Gasteiger partial charge in [0, 0.05) is 12.0 Å². The Morgan fingerprint density at radius 2 is 1.82 bits per heavy atom. The lowest BCUT2D eigenvalue weighted by Gasteiger charge is -2.28. The van der Waals surface area contributed by atoms with E-state index in [1.54, 1.807) is 13.5 Å². The molecule has 1 fully saturated rings. The fourth-order valence-electron chi connectivity index (χ4n) is 2.73. The van der Waals surface area contributed by atoms with Crippen molar-refractivity contribution in [2.24, 2.45) is 0 Å². The summed E-state index contributed by atoms with van der Waals surface area (Å²) in [5.74, 6) is 0. The molecule has 1 N–H and O–H groups in total. The van der Waals surface area contributed by atoms with Gasteiger partial charge in [-0.3, -0.25) is 0 Å². The normalized spacial score (nSPS) is 38.3. The number of alkyl halides is 3. The molecule has 3 unspecified atom stereocenters. The van der Waals surface area contributed by atoms with Crippen molar-refractivity contribution in [2.75, 3.05) is 0 Å². The summed E-state index contributed by atoms with van der Waals surface area (Å²) in [7, 11) is -4.85. The zero-order valence-corrected chi connectivity index (χ0v) is 13.0. The fraction of sp³-hybridized carbons (Fsp3) is 1.00. The molecule has 3 atom stereocenters. The van der Waals surface area contributed by atoms with Crippen LogP contribution in [0.3, 0.4) is 0 Å². The maximum absolute atomic E-state index is 12.5. The van der Waals surface area contributed by atoms with Gasteiger partial charge in [-0.1, -0.05) is 6.92 Å². The molecule has 0 amide bonds. The van der Waals surface area contributed by atoms with Gasteiger partial charge in [0.1, 0.15) is 0 Å². The molecular formula is C10H21F3O2Si2. The van der Waals surface area contributed by atoms with E-state index in [4.69, 9.17) is 4.43 Å². The fourth-order valence-corrected chi connectivity index (χ4v) is 9.79. The first-order valence-electron chi connectivity index (χ1n) is 5.85. The third-order valence-corrected chi connectivity index (χ3v) is 8.88. The molecule has 1 heterocycles. The van der Waals surface area contributed by atoms with E-state index in [2.05, 4.69) is 0 Å². The summed E-state index contributed by atoms with van der Waals surface area (Å²) < 4.78 is 43.3. The molecule has 0 spiro atoms. The van der Waals surface area contributed by atoms with E-state index in [1.807, 2.05) is 19.6 Å². The minimum absolute atomic E-state index is 0.469. The lowest BCUT2D eigenvalue weighted by Crippen LogP contribution is -2.40. The van der Waals surface area contributed by atoms with Gasteiger partial charge in [0.05, 0.1) is 5.22 Å². The summed E-state index contributed by atoms with van der Waals surface area (Å²) in [4.78, 5) is 10.3. The third kappa shape index (κ3) is 2.94. The monoisotopic (exact) mass is 286 g/mol. The molecule has 1 rings (SSSR count). The van der Waals surface area contributed by atoms with Gasteiger partial charge in [-0.25, -0.2) is 0 Å². The molecule has 0 aromatic carbocycles. The van der Waals surface area contributed by atoms with Gasteiger partial charge in [0.15, 0.2) is 8.32 Å². The first-order valence-corrected chi connectivity index (χ1v) is 11.8. The summed E-state index contributed by atoms with van der Waals surface area (Å²) >= 11 is 0. The van der Waals surface area contributed by atoms with Crippen LogP contribution in [-0.2, 0) is 4.43 Å². The van der Waals surface area contributed by atoms with Crippen LogP contribution in [-0.4, -0.2) is 32.8 Å². The highest BCUT2D eigenvalue weighted by Crippen LogP contribution is 2.64. The van der Waals surface area contributed by atoms with Gasteiger partial charge >= 0.3 is 6.18 Å². The molecule has 102 valence electrons. The van der Waals surface area contributed by atoms with Gasteiger partial charge in [-0.15, -0.1) is 0 Å². The second-order valence-corrected chi connectivity index (χ2v) is 14.2. The molecule has 0 saturated carbocycles. The van der Waals surface area contributed by atoms with Gasteiger partial charge in [-0.2, -0.15) is 13.2 Å². The van der Waals surface area contributed by atoms with Crippen LogP contribution < -0.4 is 0 Å². The molecule has 0 aromatic heterocycles. The van der Waals surface area contributed by atoms with E-state index in [0.717, 1.165) is 0 Å². The van der Waals surface area contributed by atoms with Crippen LogP contribution >= 0.6 is 0 Å². The molecule has 1 aliphatic rings. The van der Waals surface area contributed by atoms with Crippen molar-refractivity contribution in [3.63, 3.8) is 0 Å². The zero-order valence-electron chi connectivity index (χ0n) is 11.0. The Labute approximate surface area is 102 Å². The highest BCUT2D eigenvalue weighted by molar-refractivity contribution is 6.88. The maximum Gasteiger partial charge on any atom is 0.389 e. The van der Waals surface area contributed by atoms with Crippen LogP contribution in [0.4, 0.5) is 13.2 Å². The molecule has 0 aromatic rings. The van der Waals surface area contributed by atoms with Crippen molar-refractivity contribution in [1.82, 2.24) is 0 Å². The smallest absolute Gasteiger partial charge is 0.389 e. The zero-order chi connectivity index (χ0) is 13.7. The molecule has 1 saturated heterocycles. The Bertz CT molecular complexity index is 299. The van der Waals surface area contributed by atoms with Gasteiger partial charge in [-0.05, 0) is 32.6 Å². The van der Waals surface area contributed by atoms with E-state index in [9.17, 15) is 18.0 Å². The number of hydrogen-bond donors (Lipinski definition) is 1. The first kappa shape index (κ1) is 15.2. The Morgan fingerprint density at radius 3 is 2.12 bits per heavy atom. The molecule has 0 radical (unpaired) electrons. The largest absolute Gasteiger partial charge is 0.429 e. The Kier molecular flexibility index (Phi) is 3.64. The third-order valence-electron chi connectivity index (χ3n) is 3.46. The minimum atomic E-state index is -4.22. The second-order valence-electron chi connectivity index (χ2n) is 5.98. The lowest BCUT2D eigenvalue weighted by molar-refractivity contribution is -0.136.